The van der Waals surface area contributed by atoms with Crippen LogP contribution in [-0.4, -0.2) is 26.2 Å². The Kier molecular flexibility index (Phi) is 4.81. The summed E-state index contributed by atoms with van der Waals surface area (Å²) in [5.74, 6) is 0.815. The molecule has 1 fully saturated rings. The van der Waals surface area contributed by atoms with Crippen molar-refractivity contribution in [2.75, 3.05) is 31.1 Å². The molecule has 0 unspecified atom stereocenters. The van der Waals surface area contributed by atoms with E-state index in [4.69, 9.17) is 5.26 Å². The quantitative estimate of drug-likeness (QED) is 0.901. The molecule has 1 aromatic rings. The van der Waals surface area contributed by atoms with Crippen molar-refractivity contribution >= 4 is 5.69 Å². The van der Waals surface area contributed by atoms with Crippen molar-refractivity contribution in [2.45, 2.75) is 26.7 Å². The van der Waals surface area contributed by atoms with E-state index in [9.17, 15) is 0 Å². The molecule has 2 rings (SSSR count). The minimum Gasteiger partial charge on any atom is -0.372 e. The summed E-state index contributed by atoms with van der Waals surface area (Å²) < 4.78 is 0. The maximum Gasteiger partial charge on any atom is 0.0994 e. The van der Waals surface area contributed by atoms with Gasteiger partial charge in [0.2, 0.25) is 0 Å². The third kappa shape index (κ3) is 3.48. The lowest BCUT2D eigenvalue weighted by Gasteiger charge is -2.34. The van der Waals surface area contributed by atoms with Gasteiger partial charge in [-0.2, -0.15) is 5.26 Å². The maximum atomic E-state index is 8.97. The Labute approximate surface area is 116 Å². The highest BCUT2D eigenvalue weighted by atomic mass is 15.1. The number of hydrogen-bond donors (Lipinski definition) is 1. The van der Waals surface area contributed by atoms with Crippen LogP contribution in [0.3, 0.4) is 0 Å². The fraction of sp³-hybridized carbons (Fsp3) is 0.562. The van der Waals surface area contributed by atoms with Crippen LogP contribution in [0.5, 0.6) is 0 Å². The van der Waals surface area contributed by atoms with E-state index in [1.165, 1.54) is 18.5 Å². The summed E-state index contributed by atoms with van der Waals surface area (Å²) >= 11 is 0. The highest BCUT2D eigenvalue weighted by Gasteiger charge is 2.19. The average Bonchev–Trinajstić information content (AvgIpc) is 2.45. The second-order valence-electron chi connectivity index (χ2n) is 5.35. The van der Waals surface area contributed by atoms with Gasteiger partial charge in [-0.1, -0.05) is 6.92 Å². The van der Waals surface area contributed by atoms with E-state index in [0.717, 1.165) is 43.2 Å². The van der Waals surface area contributed by atoms with Crippen LogP contribution in [-0.2, 0) is 0 Å². The summed E-state index contributed by atoms with van der Waals surface area (Å²) in [7, 11) is 0. The Morgan fingerprint density at radius 2 is 2.11 bits per heavy atom. The summed E-state index contributed by atoms with van der Waals surface area (Å²) in [6.45, 7) is 8.64. The highest BCUT2D eigenvalue weighted by molar-refractivity contribution is 5.53. The van der Waals surface area contributed by atoms with Crippen molar-refractivity contribution in [3.8, 4) is 6.07 Å². The molecular formula is C16H23N3. The number of hydrogen-bond acceptors (Lipinski definition) is 3. The van der Waals surface area contributed by atoms with Crippen LogP contribution in [0.2, 0.25) is 0 Å². The number of benzene rings is 1. The number of nitrogens with one attached hydrogen (secondary N) is 1. The van der Waals surface area contributed by atoms with Crippen LogP contribution in [0.15, 0.2) is 18.2 Å². The molecule has 1 N–H and O–H groups in total. The normalized spacial score (nSPS) is 16.4. The zero-order valence-corrected chi connectivity index (χ0v) is 11.9. The van der Waals surface area contributed by atoms with Gasteiger partial charge in [0.25, 0.3) is 0 Å². The molecule has 3 nitrogen and oxygen atoms in total. The molecule has 1 saturated heterocycles. The summed E-state index contributed by atoms with van der Waals surface area (Å²) in [4.78, 5) is 2.44. The number of aryl methyl sites for hydroxylation is 1. The monoisotopic (exact) mass is 257 g/mol. The predicted molar refractivity (Wildman–Crippen MR) is 79.4 cm³/mol. The van der Waals surface area contributed by atoms with Crippen molar-refractivity contribution in [3.05, 3.63) is 29.3 Å². The van der Waals surface area contributed by atoms with E-state index in [2.05, 4.69) is 35.3 Å². The zero-order chi connectivity index (χ0) is 13.7. The lowest BCUT2D eigenvalue weighted by Crippen LogP contribution is -2.37. The van der Waals surface area contributed by atoms with Crippen LogP contribution in [0, 0.1) is 24.2 Å². The summed E-state index contributed by atoms with van der Waals surface area (Å²) in [5, 5.41) is 12.4. The third-order valence-corrected chi connectivity index (χ3v) is 3.99. The molecule has 3 heteroatoms. The zero-order valence-electron chi connectivity index (χ0n) is 11.9. The maximum absolute atomic E-state index is 8.97. The Balaban J connectivity index is 1.94. The van der Waals surface area contributed by atoms with E-state index in [1.807, 2.05) is 13.0 Å². The van der Waals surface area contributed by atoms with E-state index in [-0.39, 0.29) is 0 Å². The van der Waals surface area contributed by atoms with E-state index in [1.54, 1.807) is 0 Å². The van der Waals surface area contributed by atoms with Crippen LogP contribution in [0.1, 0.15) is 30.9 Å². The lowest BCUT2D eigenvalue weighted by atomic mass is 9.96. The minimum absolute atomic E-state index is 0.783. The second kappa shape index (κ2) is 6.58. The predicted octanol–water partition coefficient (Wildman–Crippen LogP) is 2.69. The van der Waals surface area contributed by atoms with Crippen molar-refractivity contribution in [2.24, 2.45) is 5.92 Å². The van der Waals surface area contributed by atoms with Gasteiger partial charge in [0.1, 0.15) is 0 Å². The van der Waals surface area contributed by atoms with Crippen molar-refractivity contribution < 1.29 is 0 Å². The molecule has 0 atom stereocenters. The molecule has 0 radical (unpaired) electrons. The van der Waals surface area contributed by atoms with Crippen LogP contribution in [0.4, 0.5) is 5.69 Å². The van der Waals surface area contributed by atoms with Gasteiger partial charge in [0.15, 0.2) is 0 Å². The van der Waals surface area contributed by atoms with Gasteiger partial charge in [-0.3, -0.25) is 0 Å². The molecule has 0 amide bonds. The summed E-state index contributed by atoms with van der Waals surface area (Å²) in [6, 6.07) is 8.39. The van der Waals surface area contributed by atoms with Crippen molar-refractivity contribution in [1.29, 1.82) is 5.26 Å². The van der Waals surface area contributed by atoms with Gasteiger partial charge in [0, 0.05) is 18.8 Å². The summed E-state index contributed by atoms with van der Waals surface area (Å²) in [5.41, 5.74) is 3.12. The molecule has 0 aliphatic carbocycles. The standard InChI is InChI=1S/C16H23N3/c1-3-18-12-14-6-8-19(9-7-14)16-5-4-15(11-17)13(2)10-16/h4-5,10,14,18H,3,6-9,12H2,1-2H3. The molecule has 0 aromatic heterocycles. The van der Waals surface area contributed by atoms with Crippen LogP contribution < -0.4 is 10.2 Å². The molecule has 1 aliphatic heterocycles. The largest absolute Gasteiger partial charge is 0.372 e. The van der Waals surface area contributed by atoms with E-state index in [0.29, 0.717) is 0 Å². The van der Waals surface area contributed by atoms with Crippen molar-refractivity contribution in [3.63, 3.8) is 0 Å². The highest BCUT2D eigenvalue weighted by Crippen LogP contribution is 2.24. The van der Waals surface area contributed by atoms with E-state index < -0.39 is 0 Å². The van der Waals surface area contributed by atoms with Gasteiger partial charge in [-0.05, 0) is 62.5 Å². The number of nitriles is 1. The first-order valence-electron chi connectivity index (χ1n) is 7.21. The van der Waals surface area contributed by atoms with Crippen LogP contribution in [0.25, 0.3) is 0 Å². The molecule has 1 heterocycles. The van der Waals surface area contributed by atoms with Crippen LogP contribution >= 0.6 is 0 Å². The fourth-order valence-electron chi connectivity index (χ4n) is 2.71. The molecule has 1 aliphatic rings. The fourth-order valence-corrected chi connectivity index (χ4v) is 2.71. The topological polar surface area (TPSA) is 39.1 Å². The van der Waals surface area contributed by atoms with Gasteiger partial charge < -0.3 is 10.2 Å². The molecular weight excluding hydrogens is 234 g/mol. The van der Waals surface area contributed by atoms with Crippen molar-refractivity contribution in [1.82, 2.24) is 5.32 Å². The van der Waals surface area contributed by atoms with Gasteiger partial charge in [-0.15, -0.1) is 0 Å². The second-order valence-corrected chi connectivity index (χ2v) is 5.35. The summed E-state index contributed by atoms with van der Waals surface area (Å²) in [6.07, 6.45) is 2.51. The first kappa shape index (κ1) is 13.9. The lowest BCUT2D eigenvalue weighted by molar-refractivity contribution is 0.386. The van der Waals surface area contributed by atoms with Gasteiger partial charge in [0.05, 0.1) is 11.6 Å². The number of piperidine rings is 1. The smallest absolute Gasteiger partial charge is 0.0994 e. The Morgan fingerprint density at radius 3 is 2.68 bits per heavy atom. The number of rotatable bonds is 4. The molecule has 0 bridgehead atoms. The molecule has 19 heavy (non-hydrogen) atoms. The molecule has 0 spiro atoms. The number of anilines is 1. The first-order chi connectivity index (χ1) is 9.24. The SMILES string of the molecule is CCNCC1CCN(c2ccc(C#N)c(C)c2)CC1. The average molecular weight is 257 g/mol. The van der Waals surface area contributed by atoms with E-state index >= 15 is 0 Å². The Morgan fingerprint density at radius 1 is 1.37 bits per heavy atom. The number of nitrogens with zero attached hydrogens (tertiary/aromatic N) is 2. The molecule has 1 aromatic carbocycles. The Hall–Kier alpha value is -1.53. The molecule has 102 valence electrons. The first-order valence-corrected chi connectivity index (χ1v) is 7.21. The van der Waals surface area contributed by atoms with Gasteiger partial charge >= 0.3 is 0 Å². The third-order valence-electron chi connectivity index (χ3n) is 3.99. The molecule has 0 saturated carbocycles. The van der Waals surface area contributed by atoms with Gasteiger partial charge in [-0.25, -0.2) is 0 Å². The Bertz CT molecular complexity index is 454. The minimum atomic E-state index is 0.783.